The van der Waals surface area contributed by atoms with Gasteiger partial charge in [-0.3, -0.25) is 4.79 Å². The van der Waals surface area contributed by atoms with Gasteiger partial charge in [0.2, 0.25) is 0 Å². The number of nitrogens with zero attached hydrogens (tertiary/aromatic N) is 1. The van der Waals surface area contributed by atoms with E-state index in [0.717, 1.165) is 32.5 Å². The molecule has 1 aromatic rings. The Morgan fingerprint density at radius 3 is 2.55 bits per heavy atom. The number of rotatable bonds is 3. The molecule has 3 nitrogen and oxygen atoms in total. The quantitative estimate of drug-likeness (QED) is 0.857. The number of piperidine rings is 3. The van der Waals surface area contributed by atoms with Crippen molar-refractivity contribution < 1.29 is 9.18 Å². The van der Waals surface area contributed by atoms with Gasteiger partial charge in [-0.15, -0.1) is 0 Å². The Balaban J connectivity index is 1.63. The van der Waals surface area contributed by atoms with Crippen LogP contribution in [-0.4, -0.2) is 36.5 Å². The first kappa shape index (κ1) is 13.3. The van der Waals surface area contributed by atoms with E-state index in [-0.39, 0.29) is 6.04 Å². The molecule has 1 aromatic carbocycles. The summed E-state index contributed by atoms with van der Waals surface area (Å²) in [6.45, 7) is 3.08. The van der Waals surface area contributed by atoms with E-state index in [4.69, 9.17) is 0 Å². The van der Waals surface area contributed by atoms with Crippen LogP contribution in [0.25, 0.3) is 6.08 Å². The maximum absolute atomic E-state index is 13.9. The molecule has 2 bridgehead atoms. The molecule has 4 heteroatoms. The molecule has 1 unspecified atom stereocenters. The molecular weight excluding hydrogens is 255 g/mol. The van der Waals surface area contributed by atoms with Crippen LogP contribution in [0.4, 0.5) is 4.39 Å². The van der Waals surface area contributed by atoms with E-state index in [1.165, 1.54) is 6.08 Å². The minimum absolute atomic E-state index is 0.0972. The van der Waals surface area contributed by atoms with E-state index in [9.17, 15) is 9.18 Å². The highest BCUT2D eigenvalue weighted by molar-refractivity contribution is 5.95. The smallest absolute Gasteiger partial charge is 0.280 e. The summed E-state index contributed by atoms with van der Waals surface area (Å²) in [5, 5.41) is 2.85. The highest BCUT2D eigenvalue weighted by atomic mass is 19.1. The molecule has 3 heterocycles. The molecule has 106 valence electrons. The lowest BCUT2D eigenvalue weighted by Gasteiger charge is -2.44. The summed E-state index contributed by atoms with van der Waals surface area (Å²) >= 11 is 0. The Morgan fingerprint density at radius 2 is 1.95 bits per heavy atom. The highest BCUT2D eigenvalue weighted by Crippen LogP contribution is 2.27. The second-order valence-electron chi connectivity index (χ2n) is 5.62. The average molecular weight is 274 g/mol. The van der Waals surface area contributed by atoms with Crippen molar-refractivity contribution in [3.8, 4) is 0 Å². The van der Waals surface area contributed by atoms with E-state index in [1.54, 1.807) is 12.1 Å². The van der Waals surface area contributed by atoms with Gasteiger partial charge in [0, 0.05) is 12.6 Å². The third-order valence-corrected chi connectivity index (χ3v) is 4.28. The first-order valence-corrected chi connectivity index (χ1v) is 7.18. The number of carbonyl (C=O) groups excluding carboxylic acids is 1. The summed E-state index contributed by atoms with van der Waals surface area (Å²) in [6.07, 6.45) is 3.50. The summed E-state index contributed by atoms with van der Waals surface area (Å²) in [5.74, 6) is -0.797. The van der Waals surface area contributed by atoms with E-state index < -0.39 is 11.7 Å². The summed E-state index contributed by atoms with van der Waals surface area (Å²) in [5.41, 5.74) is 0.703. The second-order valence-corrected chi connectivity index (χ2v) is 5.62. The Hall–Kier alpha value is -1.68. The van der Waals surface area contributed by atoms with Crippen molar-refractivity contribution in [1.82, 2.24) is 10.2 Å². The molecule has 0 aliphatic carbocycles. The number of fused-ring (bicyclic) bond motifs is 3. The summed E-state index contributed by atoms with van der Waals surface area (Å²) in [6, 6.07) is 9.17. The molecule has 3 saturated heterocycles. The van der Waals surface area contributed by atoms with Gasteiger partial charge >= 0.3 is 0 Å². The third kappa shape index (κ3) is 2.90. The minimum Gasteiger partial charge on any atom is -0.346 e. The summed E-state index contributed by atoms with van der Waals surface area (Å²) < 4.78 is 13.9. The molecule has 3 aliphatic heterocycles. The first-order chi connectivity index (χ1) is 9.72. The molecule has 1 N–H and O–H groups in total. The number of hydrogen-bond acceptors (Lipinski definition) is 2. The Labute approximate surface area is 118 Å². The van der Waals surface area contributed by atoms with Crippen LogP contribution in [0, 0.1) is 5.92 Å². The molecule has 0 aromatic heterocycles. The molecule has 0 radical (unpaired) electrons. The van der Waals surface area contributed by atoms with Crippen molar-refractivity contribution in [3.63, 3.8) is 0 Å². The SMILES string of the molecule is O=C(NC1CN2CCC1CC2)/C(F)=C/c1ccccc1. The third-order valence-electron chi connectivity index (χ3n) is 4.28. The van der Waals surface area contributed by atoms with E-state index >= 15 is 0 Å². The lowest BCUT2D eigenvalue weighted by Crippen LogP contribution is -2.57. The normalized spacial score (nSPS) is 29.2. The van der Waals surface area contributed by atoms with Gasteiger partial charge in [-0.05, 0) is 43.5 Å². The van der Waals surface area contributed by atoms with Crippen molar-refractivity contribution in [2.75, 3.05) is 19.6 Å². The maximum Gasteiger partial charge on any atom is 0.280 e. The number of hydrogen-bond donors (Lipinski definition) is 1. The van der Waals surface area contributed by atoms with Gasteiger partial charge in [-0.2, -0.15) is 0 Å². The number of benzene rings is 1. The van der Waals surface area contributed by atoms with Gasteiger partial charge in [0.1, 0.15) is 0 Å². The minimum atomic E-state index is -0.715. The molecule has 1 atom stereocenters. The van der Waals surface area contributed by atoms with Gasteiger partial charge in [0.05, 0.1) is 0 Å². The van der Waals surface area contributed by atoms with Crippen LogP contribution in [0.1, 0.15) is 18.4 Å². The number of halogens is 1. The zero-order valence-electron chi connectivity index (χ0n) is 11.4. The Bertz CT molecular complexity index is 506. The molecular formula is C16H19FN2O. The first-order valence-electron chi connectivity index (χ1n) is 7.18. The maximum atomic E-state index is 13.9. The molecule has 20 heavy (non-hydrogen) atoms. The molecule has 3 aliphatic rings. The van der Waals surface area contributed by atoms with Crippen LogP contribution in [-0.2, 0) is 4.79 Å². The number of carbonyl (C=O) groups is 1. The molecule has 4 rings (SSSR count). The second kappa shape index (κ2) is 5.75. The zero-order valence-corrected chi connectivity index (χ0v) is 11.4. The van der Waals surface area contributed by atoms with Crippen LogP contribution >= 0.6 is 0 Å². The molecule has 3 fully saturated rings. The lowest BCUT2D eigenvalue weighted by atomic mass is 9.84. The molecule has 1 amide bonds. The van der Waals surface area contributed by atoms with E-state index in [1.807, 2.05) is 18.2 Å². The van der Waals surface area contributed by atoms with Crippen LogP contribution in [0.15, 0.2) is 36.2 Å². The fraction of sp³-hybridized carbons (Fsp3) is 0.438. The summed E-state index contributed by atoms with van der Waals surface area (Å²) in [4.78, 5) is 14.3. The fourth-order valence-electron chi connectivity index (χ4n) is 3.13. The van der Waals surface area contributed by atoms with Crippen molar-refractivity contribution in [2.24, 2.45) is 5.92 Å². The zero-order chi connectivity index (χ0) is 13.9. The Morgan fingerprint density at radius 1 is 1.25 bits per heavy atom. The van der Waals surface area contributed by atoms with Gasteiger partial charge in [-0.1, -0.05) is 30.3 Å². The standard InChI is InChI=1S/C16H19FN2O/c17-14(10-12-4-2-1-3-5-12)16(20)18-15-11-19-8-6-13(15)7-9-19/h1-5,10,13,15H,6-9,11H2,(H,18,20)/b14-10-. The Kier molecular flexibility index (Phi) is 3.83. The van der Waals surface area contributed by atoms with Gasteiger partial charge in [-0.25, -0.2) is 4.39 Å². The summed E-state index contributed by atoms with van der Waals surface area (Å²) in [7, 11) is 0. The van der Waals surface area contributed by atoms with Gasteiger partial charge in [0.15, 0.2) is 5.83 Å². The fourth-order valence-corrected chi connectivity index (χ4v) is 3.13. The van der Waals surface area contributed by atoms with Crippen molar-refractivity contribution in [2.45, 2.75) is 18.9 Å². The van der Waals surface area contributed by atoms with Crippen LogP contribution < -0.4 is 5.32 Å². The average Bonchev–Trinajstić information content (AvgIpc) is 2.49. The van der Waals surface area contributed by atoms with Crippen LogP contribution in [0.2, 0.25) is 0 Å². The molecule has 0 spiro atoms. The lowest BCUT2D eigenvalue weighted by molar-refractivity contribution is -0.120. The van der Waals surface area contributed by atoms with E-state index in [0.29, 0.717) is 11.5 Å². The van der Waals surface area contributed by atoms with Crippen molar-refractivity contribution in [3.05, 3.63) is 41.7 Å². The monoisotopic (exact) mass is 274 g/mol. The largest absolute Gasteiger partial charge is 0.346 e. The van der Waals surface area contributed by atoms with Crippen molar-refractivity contribution in [1.29, 1.82) is 0 Å². The van der Waals surface area contributed by atoms with Crippen molar-refractivity contribution >= 4 is 12.0 Å². The van der Waals surface area contributed by atoms with Gasteiger partial charge in [0.25, 0.3) is 5.91 Å². The molecule has 0 saturated carbocycles. The van der Waals surface area contributed by atoms with Crippen LogP contribution in [0.3, 0.4) is 0 Å². The van der Waals surface area contributed by atoms with Gasteiger partial charge < -0.3 is 10.2 Å². The number of nitrogens with one attached hydrogen (secondary N) is 1. The number of amides is 1. The van der Waals surface area contributed by atoms with Crippen LogP contribution in [0.5, 0.6) is 0 Å². The topological polar surface area (TPSA) is 32.3 Å². The predicted octanol–water partition coefficient (Wildman–Crippen LogP) is 2.21. The highest BCUT2D eigenvalue weighted by Gasteiger charge is 2.35. The predicted molar refractivity (Wildman–Crippen MR) is 76.6 cm³/mol. The van der Waals surface area contributed by atoms with E-state index in [2.05, 4.69) is 10.2 Å².